The monoisotopic (exact) mass is 257 g/mol. The molecule has 1 saturated heterocycles. The third kappa shape index (κ3) is 3.45. The second-order valence-electron chi connectivity index (χ2n) is 5.55. The van der Waals surface area contributed by atoms with Crippen LogP contribution in [0.2, 0.25) is 0 Å². The van der Waals surface area contributed by atoms with E-state index in [0.717, 1.165) is 32.1 Å². The molecular weight excluding hydrogens is 230 g/mol. The zero-order valence-corrected chi connectivity index (χ0v) is 11.9. The average Bonchev–Trinajstić information content (AvgIpc) is 2.82. The molecule has 0 spiro atoms. The van der Waals surface area contributed by atoms with Crippen LogP contribution in [0.1, 0.15) is 52.9 Å². The van der Waals surface area contributed by atoms with Crippen molar-refractivity contribution >= 4 is 5.91 Å². The van der Waals surface area contributed by atoms with Gasteiger partial charge in [0.1, 0.15) is 5.60 Å². The molecule has 4 heteroatoms. The van der Waals surface area contributed by atoms with Crippen LogP contribution in [0, 0.1) is 5.41 Å². The lowest BCUT2D eigenvalue weighted by molar-refractivity contribution is -0.140. The van der Waals surface area contributed by atoms with Gasteiger partial charge in [-0.25, -0.2) is 0 Å². The van der Waals surface area contributed by atoms with Crippen molar-refractivity contribution in [2.75, 3.05) is 19.8 Å². The van der Waals surface area contributed by atoms with Crippen molar-refractivity contribution in [2.45, 2.75) is 58.5 Å². The van der Waals surface area contributed by atoms with Gasteiger partial charge in [-0.1, -0.05) is 13.8 Å². The third-order valence-electron chi connectivity index (χ3n) is 4.47. The highest BCUT2D eigenvalue weighted by atomic mass is 16.5. The fourth-order valence-corrected chi connectivity index (χ4v) is 2.59. The fraction of sp³-hybridized carbons (Fsp3) is 0.929. The van der Waals surface area contributed by atoms with E-state index < -0.39 is 5.60 Å². The number of carbonyl (C=O) groups is 1. The summed E-state index contributed by atoms with van der Waals surface area (Å²) in [6.07, 6.45) is 4.40. The Morgan fingerprint density at radius 1 is 1.44 bits per heavy atom. The predicted octanol–water partition coefficient (Wildman–Crippen LogP) is 1.86. The molecule has 18 heavy (non-hydrogen) atoms. The minimum Gasteiger partial charge on any atom is -0.396 e. The van der Waals surface area contributed by atoms with Crippen LogP contribution in [0.3, 0.4) is 0 Å². The summed E-state index contributed by atoms with van der Waals surface area (Å²) in [4.78, 5) is 12.2. The molecule has 0 radical (unpaired) electrons. The Balaban J connectivity index is 2.54. The number of rotatable bonds is 7. The third-order valence-corrected chi connectivity index (χ3v) is 4.47. The molecule has 0 aromatic heterocycles. The van der Waals surface area contributed by atoms with Gasteiger partial charge in [0.2, 0.25) is 0 Å². The van der Waals surface area contributed by atoms with E-state index in [0.29, 0.717) is 13.2 Å². The maximum atomic E-state index is 12.2. The molecule has 106 valence electrons. The van der Waals surface area contributed by atoms with Crippen LogP contribution in [-0.4, -0.2) is 36.4 Å². The van der Waals surface area contributed by atoms with E-state index in [1.54, 1.807) is 0 Å². The van der Waals surface area contributed by atoms with Gasteiger partial charge in [0.15, 0.2) is 0 Å². The molecule has 1 unspecified atom stereocenters. The fourth-order valence-electron chi connectivity index (χ4n) is 2.59. The van der Waals surface area contributed by atoms with E-state index >= 15 is 0 Å². The van der Waals surface area contributed by atoms with Crippen LogP contribution >= 0.6 is 0 Å². The van der Waals surface area contributed by atoms with Crippen molar-refractivity contribution in [1.29, 1.82) is 0 Å². The van der Waals surface area contributed by atoms with Gasteiger partial charge >= 0.3 is 0 Å². The summed E-state index contributed by atoms with van der Waals surface area (Å²) in [5.74, 6) is -0.00999. The first-order valence-corrected chi connectivity index (χ1v) is 7.05. The molecule has 4 nitrogen and oxygen atoms in total. The highest BCUT2D eigenvalue weighted by molar-refractivity contribution is 5.85. The molecule has 1 aliphatic heterocycles. The van der Waals surface area contributed by atoms with Crippen LogP contribution in [0.4, 0.5) is 0 Å². The number of ether oxygens (including phenoxy) is 1. The molecule has 1 amide bonds. The summed E-state index contributed by atoms with van der Waals surface area (Å²) in [6, 6.07) is 0. The average molecular weight is 257 g/mol. The molecule has 0 aromatic carbocycles. The molecular formula is C14H27NO3. The predicted molar refractivity (Wildman–Crippen MR) is 71.3 cm³/mol. The molecule has 1 heterocycles. The molecule has 1 aliphatic rings. The lowest BCUT2D eigenvalue weighted by Gasteiger charge is -2.33. The lowest BCUT2D eigenvalue weighted by Crippen LogP contribution is -2.48. The Labute approximate surface area is 110 Å². The Hall–Kier alpha value is -0.610. The van der Waals surface area contributed by atoms with Crippen LogP contribution in [0.25, 0.3) is 0 Å². The maximum Gasteiger partial charge on any atom is 0.251 e. The van der Waals surface area contributed by atoms with E-state index in [1.165, 1.54) is 0 Å². The van der Waals surface area contributed by atoms with Gasteiger partial charge in [-0.3, -0.25) is 4.79 Å². The SMILES string of the molecule is CCC(CC)(CCO)CNC(=O)C1(C)CCCO1. The smallest absolute Gasteiger partial charge is 0.251 e. The van der Waals surface area contributed by atoms with Crippen LogP contribution < -0.4 is 5.32 Å². The number of carbonyl (C=O) groups excluding carboxylic acids is 1. The molecule has 1 fully saturated rings. The molecule has 2 N–H and O–H groups in total. The molecule has 0 aliphatic carbocycles. The molecule has 0 aromatic rings. The second kappa shape index (κ2) is 6.53. The van der Waals surface area contributed by atoms with Crippen molar-refractivity contribution in [3.8, 4) is 0 Å². The Bertz CT molecular complexity index is 268. The summed E-state index contributed by atoms with van der Waals surface area (Å²) in [6.45, 7) is 7.55. The van der Waals surface area contributed by atoms with Gasteiger partial charge in [-0.05, 0) is 44.4 Å². The number of nitrogens with one attached hydrogen (secondary N) is 1. The van der Waals surface area contributed by atoms with Gasteiger partial charge < -0.3 is 15.2 Å². The maximum absolute atomic E-state index is 12.2. The van der Waals surface area contributed by atoms with E-state index in [4.69, 9.17) is 9.84 Å². The Kier molecular flexibility index (Phi) is 5.60. The molecule has 0 saturated carbocycles. The van der Waals surface area contributed by atoms with E-state index in [1.807, 2.05) is 6.92 Å². The number of aliphatic hydroxyl groups is 1. The number of amides is 1. The summed E-state index contributed by atoms with van der Waals surface area (Å²) in [5, 5.41) is 12.2. The van der Waals surface area contributed by atoms with Crippen molar-refractivity contribution in [3.63, 3.8) is 0 Å². The first-order valence-electron chi connectivity index (χ1n) is 7.05. The van der Waals surface area contributed by atoms with Crippen molar-refractivity contribution < 1.29 is 14.6 Å². The van der Waals surface area contributed by atoms with E-state index in [2.05, 4.69) is 19.2 Å². The van der Waals surface area contributed by atoms with Gasteiger partial charge in [-0.2, -0.15) is 0 Å². The number of aliphatic hydroxyl groups excluding tert-OH is 1. The number of hydrogen-bond acceptors (Lipinski definition) is 3. The van der Waals surface area contributed by atoms with E-state index in [9.17, 15) is 4.79 Å². The van der Waals surface area contributed by atoms with E-state index in [-0.39, 0.29) is 17.9 Å². The van der Waals surface area contributed by atoms with Gasteiger partial charge in [-0.15, -0.1) is 0 Å². The Morgan fingerprint density at radius 3 is 2.56 bits per heavy atom. The lowest BCUT2D eigenvalue weighted by atomic mass is 9.79. The topological polar surface area (TPSA) is 58.6 Å². The summed E-state index contributed by atoms with van der Waals surface area (Å²) < 4.78 is 5.53. The van der Waals surface area contributed by atoms with Gasteiger partial charge in [0, 0.05) is 19.8 Å². The second-order valence-corrected chi connectivity index (χ2v) is 5.55. The van der Waals surface area contributed by atoms with Crippen molar-refractivity contribution in [1.82, 2.24) is 5.32 Å². The Morgan fingerprint density at radius 2 is 2.11 bits per heavy atom. The van der Waals surface area contributed by atoms with Crippen molar-refractivity contribution in [2.24, 2.45) is 5.41 Å². The first kappa shape index (κ1) is 15.4. The van der Waals surface area contributed by atoms with Crippen molar-refractivity contribution in [3.05, 3.63) is 0 Å². The summed E-state index contributed by atoms with van der Waals surface area (Å²) >= 11 is 0. The van der Waals surface area contributed by atoms with Crippen LogP contribution in [0.15, 0.2) is 0 Å². The van der Waals surface area contributed by atoms with Gasteiger partial charge in [0.25, 0.3) is 5.91 Å². The summed E-state index contributed by atoms with van der Waals surface area (Å²) in [5.41, 5.74) is -0.633. The highest BCUT2D eigenvalue weighted by Crippen LogP contribution is 2.30. The highest BCUT2D eigenvalue weighted by Gasteiger charge is 2.38. The normalized spacial score (nSPS) is 24.2. The molecule has 0 bridgehead atoms. The summed E-state index contributed by atoms with van der Waals surface area (Å²) in [7, 11) is 0. The minimum absolute atomic E-state index is 0.00999. The quantitative estimate of drug-likeness (QED) is 0.732. The zero-order valence-electron chi connectivity index (χ0n) is 11.9. The van der Waals surface area contributed by atoms with Crippen LogP contribution in [-0.2, 0) is 9.53 Å². The standard InChI is InChI=1S/C14H27NO3/c1-4-14(5-2,8-9-16)11-15-12(17)13(3)7-6-10-18-13/h16H,4-11H2,1-3H3,(H,15,17). The molecule has 1 rings (SSSR count). The largest absolute Gasteiger partial charge is 0.396 e. The van der Waals surface area contributed by atoms with Gasteiger partial charge in [0.05, 0.1) is 0 Å². The van der Waals surface area contributed by atoms with Crippen LogP contribution in [0.5, 0.6) is 0 Å². The zero-order chi connectivity index (χ0) is 13.6. The number of hydrogen-bond donors (Lipinski definition) is 2. The first-order chi connectivity index (χ1) is 8.52. The molecule has 1 atom stereocenters. The minimum atomic E-state index is -0.646.